The van der Waals surface area contributed by atoms with Gasteiger partial charge in [-0.15, -0.1) is 0 Å². The predicted molar refractivity (Wildman–Crippen MR) is 72.8 cm³/mol. The number of hydrogen-bond donors (Lipinski definition) is 0. The van der Waals surface area contributed by atoms with Crippen molar-refractivity contribution in [2.75, 3.05) is 6.61 Å². The Labute approximate surface area is 124 Å². The summed E-state index contributed by atoms with van der Waals surface area (Å²) < 4.78 is 29.9. The summed E-state index contributed by atoms with van der Waals surface area (Å²) in [5, 5.41) is 12.0. The summed E-state index contributed by atoms with van der Waals surface area (Å²) in [4.78, 5) is 0. The molecule has 0 radical (unpaired) electrons. The van der Waals surface area contributed by atoms with Crippen molar-refractivity contribution in [3.63, 3.8) is 0 Å². The minimum Gasteiger partial charge on any atom is -0.622 e. The van der Waals surface area contributed by atoms with Crippen molar-refractivity contribution in [1.29, 1.82) is 0 Å². The van der Waals surface area contributed by atoms with Crippen LogP contribution in [0.4, 0.5) is 0 Å². The molecule has 3 rings (SSSR count). The topological polar surface area (TPSA) is 72.2 Å². The number of hydrogen-bond acceptors (Lipinski definition) is 6. The van der Waals surface area contributed by atoms with Crippen LogP contribution in [0.25, 0.3) is 0 Å². The van der Waals surface area contributed by atoms with Crippen molar-refractivity contribution in [2.45, 2.75) is 76.8 Å². The van der Waals surface area contributed by atoms with E-state index in [1.807, 2.05) is 27.7 Å². The summed E-state index contributed by atoms with van der Waals surface area (Å²) in [7, 11) is 0. The average molecular weight is 301 g/mol. The highest BCUT2D eigenvalue weighted by Gasteiger charge is 2.62. The molecule has 0 amide bonds. The largest absolute Gasteiger partial charge is 0.622 e. The zero-order valence-electron chi connectivity index (χ0n) is 13.1. The number of nitrogens with zero attached hydrogens (tertiary/aromatic N) is 1. The Kier molecular flexibility index (Phi) is 3.53. The molecule has 1 unspecified atom stereocenters. The van der Waals surface area contributed by atoms with Crippen LogP contribution in [0.5, 0.6) is 0 Å². The Hall–Kier alpha value is -0.730. The summed E-state index contributed by atoms with van der Waals surface area (Å²) in [6.07, 6.45) is -0.747. The highest BCUT2D eigenvalue weighted by atomic mass is 16.8. The zero-order valence-corrected chi connectivity index (χ0v) is 13.1. The van der Waals surface area contributed by atoms with Crippen LogP contribution in [-0.4, -0.2) is 59.8 Å². The first-order chi connectivity index (χ1) is 9.72. The van der Waals surface area contributed by atoms with Crippen LogP contribution in [-0.2, 0) is 23.7 Å². The van der Waals surface area contributed by atoms with E-state index in [0.29, 0.717) is 6.61 Å². The molecule has 7 nitrogen and oxygen atoms in total. The Morgan fingerprint density at radius 1 is 1.00 bits per heavy atom. The molecule has 0 aromatic carbocycles. The van der Waals surface area contributed by atoms with Crippen LogP contribution in [0.3, 0.4) is 0 Å². The highest BCUT2D eigenvalue weighted by Crippen LogP contribution is 2.42. The normalized spacial score (nSPS) is 45.0. The fourth-order valence-corrected chi connectivity index (χ4v) is 3.14. The van der Waals surface area contributed by atoms with Crippen LogP contribution < -0.4 is 0 Å². The van der Waals surface area contributed by atoms with E-state index in [0.717, 1.165) is 4.74 Å². The van der Waals surface area contributed by atoms with E-state index in [1.54, 1.807) is 6.92 Å². The van der Waals surface area contributed by atoms with Gasteiger partial charge >= 0.3 is 0 Å². The van der Waals surface area contributed by atoms with Crippen molar-refractivity contribution >= 4 is 6.21 Å². The monoisotopic (exact) mass is 301 g/mol. The van der Waals surface area contributed by atoms with E-state index >= 15 is 0 Å². The first-order valence-corrected chi connectivity index (χ1v) is 7.30. The maximum absolute atomic E-state index is 12.0. The molecular weight excluding hydrogens is 278 g/mol. The van der Waals surface area contributed by atoms with Gasteiger partial charge in [0.2, 0.25) is 0 Å². The van der Waals surface area contributed by atoms with E-state index < -0.39 is 23.9 Å². The molecule has 3 aliphatic rings. The molecule has 120 valence electrons. The lowest BCUT2D eigenvalue weighted by Crippen LogP contribution is -2.40. The third-order valence-electron chi connectivity index (χ3n) is 3.97. The molecular formula is C14H23NO6. The van der Waals surface area contributed by atoms with E-state index in [-0.39, 0.29) is 18.3 Å². The molecule has 0 aromatic heterocycles. The van der Waals surface area contributed by atoms with Gasteiger partial charge in [-0.05, 0) is 27.7 Å². The molecule has 3 fully saturated rings. The number of ether oxygens (including phenoxy) is 5. The fourth-order valence-electron chi connectivity index (χ4n) is 3.14. The molecule has 3 heterocycles. The van der Waals surface area contributed by atoms with Crippen molar-refractivity contribution in [2.24, 2.45) is 0 Å². The second-order valence-corrected chi connectivity index (χ2v) is 6.54. The second kappa shape index (κ2) is 4.89. The van der Waals surface area contributed by atoms with Gasteiger partial charge in [0.25, 0.3) is 6.23 Å². The molecule has 0 aromatic rings. The Morgan fingerprint density at radius 2 is 1.67 bits per heavy atom. The number of rotatable bonds is 2. The van der Waals surface area contributed by atoms with E-state index in [1.165, 1.54) is 6.21 Å². The summed E-state index contributed by atoms with van der Waals surface area (Å²) in [5.74, 6) is -1.39. The third kappa shape index (κ3) is 2.68. The Balaban J connectivity index is 1.82. The first kappa shape index (κ1) is 15.2. The molecule has 5 atom stereocenters. The zero-order chi connectivity index (χ0) is 15.4. The highest BCUT2D eigenvalue weighted by molar-refractivity contribution is 5.47. The van der Waals surface area contributed by atoms with Gasteiger partial charge in [-0.1, -0.05) is 0 Å². The summed E-state index contributed by atoms with van der Waals surface area (Å²) in [6, 6.07) is 0. The molecule has 21 heavy (non-hydrogen) atoms. The minimum absolute atomic E-state index is 0.278. The molecule has 0 bridgehead atoms. The molecule has 3 aliphatic heterocycles. The van der Waals surface area contributed by atoms with E-state index in [4.69, 9.17) is 23.7 Å². The van der Waals surface area contributed by atoms with Crippen LogP contribution in [0.1, 0.15) is 34.6 Å². The van der Waals surface area contributed by atoms with Gasteiger partial charge in [-0.2, -0.15) is 4.74 Å². The van der Waals surface area contributed by atoms with Gasteiger partial charge in [0.05, 0.1) is 6.61 Å². The Morgan fingerprint density at radius 3 is 2.24 bits per heavy atom. The maximum atomic E-state index is 12.0. The summed E-state index contributed by atoms with van der Waals surface area (Å²) in [6.45, 7) is 9.45. The average Bonchev–Trinajstić information content (AvgIpc) is 2.98. The van der Waals surface area contributed by atoms with Gasteiger partial charge < -0.3 is 28.9 Å². The second-order valence-electron chi connectivity index (χ2n) is 6.54. The first-order valence-electron chi connectivity index (χ1n) is 7.30. The van der Waals surface area contributed by atoms with Crippen molar-refractivity contribution in [3.8, 4) is 0 Å². The van der Waals surface area contributed by atoms with Crippen molar-refractivity contribution in [1.82, 2.24) is 0 Å². The third-order valence-corrected chi connectivity index (χ3v) is 3.97. The summed E-state index contributed by atoms with van der Waals surface area (Å²) in [5.41, 5.74) is 0. The van der Waals surface area contributed by atoms with E-state index in [2.05, 4.69) is 0 Å². The number of fused-ring (bicyclic) bond motifs is 1. The van der Waals surface area contributed by atoms with Gasteiger partial charge in [0.15, 0.2) is 23.9 Å². The van der Waals surface area contributed by atoms with Crippen LogP contribution in [0, 0.1) is 5.21 Å². The van der Waals surface area contributed by atoms with Crippen LogP contribution in [0.15, 0.2) is 0 Å². The molecule has 3 saturated heterocycles. The van der Waals surface area contributed by atoms with E-state index in [9.17, 15) is 5.21 Å². The number of hydroxylamine groups is 1. The summed E-state index contributed by atoms with van der Waals surface area (Å²) >= 11 is 0. The van der Waals surface area contributed by atoms with Gasteiger partial charge in [-0.25, -0.2) is 0 Å². The lowest BCUT2D eigenvalue weighted by Gasteiger charge is -2.26. The lowest BCUT2D eigenvalue weighted by atomic mass is 10.1. The van der Waals surface area contributed by atoms with Crippen molar-refractivity contribution in [3.05, 3.63) is 5.21 Å². The van der Waals surface area contributed by atoms with Crippen LogP contribution >= 0.6 is 0 Å². The SMILES string of the molecule is C/C=[N+](\[O-])C1O[C@H]([C@H]2COC(C)(C)O2)[C@@H]2OC(C)(C)O[C@H]12. The van der Waals surface area contributed by atoms with Gasteiger partial charge in [-0.3, -0.25) is 0 Å². The van der Waals surface area contributed by atoms with Crippen LogP contribution in [0.2, 0.25) is 0 Å². The maximum Gasteiger partial charge on any atom is 0.297 e. The molecule has 0 N–H and O–H groups in total. The molecule has 7 heteroatoms. The Bertz CT molecular complexity index is 449. The van der Waals surface area contributed by atoms with Gasteiger partial charge in [0, 0.05) is 6.92 Å². The lowest BCUT2D eigenvalue weighted by molar-refractivity contribution is -0.562. The van der Waals surface area contributed by atoms with Gasteiger partial charge in [0.1, 0.15) is 18.3 Å². The predicted octanol–water partition coefficient (Wildman–Crippen LogP) is 0.984. The molecule has 0 aliphatic carbocycles. The minimum atomic E-state index is -0.737. The molecule has 0 spiro atoms. The fraction of sp³-hybridized carbons (Fsp3) is 0.929. The molecule has 0 saturated carbocycles. The van der Waals surface area contributed by atoms with Crippen molar-refractivity contribution < 1.29 is 28.4 Å². The standard InChI is InChI=1S/C14H23NO6/c1-6-15(16)12-11-10(20-14(4,5)21-11)9(18-12)8-7-17-13(2,3)19-8/h6,8-12H,7H2,1-5H3/b15-6-/t8-,9-,10+,11+,12?/m1/s1. The quantitative estimate of drug-likeness (QED) is 0.328. The smallest absolute Gasteiger partial charge is 0.297 e.